The molecule has 2 N–H and O–H groups in total. The quantitative estimate of drug-likeness (QED) is 0.758. The van der Waals surface area contributed by atoms with Gasteiger partial charge in [-0.1, -0.05) is 22.0 Å². The summed E-state index contributed by atoms with van der Waals surface area (Å²) in [6.45, 7) is 2.05. The summed E-state index contributed by atoms with van der Waals surface area (Å²) in [5.41, 5.74) is 7.10. The maximum Gasteiger partial charge on any atom is 0.125 e. The van der Waals surface area contributed by atoms with Gasteiger partial charge < -0.3 is 10.5 Å². The second kappa shape index (κ2) is 3.31. The summed E-state index contributed by atoms with van der Waals surface area (Å²) in [7, 11) is 0. The van der Waals surface area contributed by atoms with Crippen molar-refractivity contribution in [1.82, 2.24) is 0 Å². The van der Waals surface area contributed by atoms with Gasteiger partial charge in [0, 0.05) is 22.5 Å². The van der Waals surface area contributed by atoms with E-state index in [1.807, 2.05) is 25.1 Å². The Morgan fingerprint density at radius 2 is 2.31 bits per heavy atom. The lowest BCUT2D eigenvalue weighted by Gasteiger charge is -2.28. The van der Waals surface area contributed by atoms with Crippen molar-refractivity contribution in [2.75, 3.05) is 0 Å². The fourth-order valence-electron chi connectivity index (χ4n) is 1.67. The molecular weight excluding hydrogens is 230 g/mol. The Morgan fingerprint density at radius 3 is 3.08 bits per heavy atom. The molecule has 0 aromatic heterocycles. The molecule has 1 aliphatic heterocycles. The van der Waals surface area contributed by atoms with Gasteiger partial charge in [0.2, 0.25) is 0 Å². The monoisotopic (exact) mass is 241 g/mol. The first-order valence-corrected chi connectivity index (χ1v) is 5.18. The maximum atomic E-state index is 5.99. The first kappa shape index (κ1) is 9.03. The molecule has 2 rings (SSSR count). The molecule has 70 valence electrons. The van der Waals surface area contributed by atoms with E-state index in [4.69, 9.17) is 10.5 Å². The van der Waals surface area contributed by atoms with Gasteiger partial charge >= 0.3 is 0 Å². The summed E-state index contributed by atoms with van der Waals surface area (Å²) in [5, 5.41) is 0. The molecule has 2 atom stereocenters. The van der Waals surface area contributed by atoms with Crippen LogP contribution in [0.5, 0.6) is 5.75 Å². The molecule has 0 aliphatic carbocycles. The molecule has 2 nitrogen and oxygen atoms in total. The molecule has 13 heavy (non-hydrogen) atoms. The Balaban J connectivity index is 2.43. The molecule has 0 saturated carbocycles. The van der Waals surface area contributed by atoms with Crippen LogP contribution in [0.2, 0.25) is 0 Å². The Hall–Kier alpha value is -0.540. The number of hydrogen-bond donors (Lipinski definition) is 1. The van der Waals surface area contributed by atoms with Gasteiger partial charge in [-0.3, -0.25) is 0 Å². The SMILES string of the molecule is CC1CC(N)c2ccc(Br)cc2O1. The first-order chi connectivity index (χ1) is 6.16. The van der Waals surface area contributed by atoms with E-state index in [1.54, 1.807) is 0 Å². The van der Waals surface area contributed by atoms with Crippen molar-refractivity contribution in [2.24, 2.45) is 5.73 Å². The Bertz CT molecular complexity index is 327. The number of rotatable bonds is 0. The minimum atomic E-state index is 0.117. The Labute approximate surface area is 86.2 Å². The lowest BCUT2D eigenvalue weighted by molar-refractivity contribution is 0.177. The predicted molar refractivity (Wildman–Crippen MR) is 55.8 cm³/mol. The van der Waals surface area contributed by atoms with E-state index in [0.717, 1.165) is 22.2 Å². The summed E-state index contributed by atoms with van der Waals surface area (Å²) < 4.78 is 6.71. The average molecular weight is 242 g/mol. The smallest absolute Gasteiger partial charge is 0.125 e. The van der Waals surface area contributed by atoms with Crippen LogP contribution in [0.4, 0.5) is 0 Å². The summed E-state index contributed by atoms with van der Waals surface area (Å²) in [4.78, 5) is 0. The number of fused-ring (bicyclic) bond motifs is 1. The molecule has 0 saturated heterocycles. The molecule has 0 spiro atoms. The minimum Gasteiger partial charge on any atom is -0.490 e. The fraction of sp³-hybridized carbons (Fsp3) is 0.400. The largest absolute Gasteiger partial charge is 0.490 e. The highest BCUT2D eigenvalue weighted by Crippen LogP contribution is 2.34. The molecule has 1 heterocycles. The zero-order chi connectivity index (χ0) is 9.42. The molecule has 0 radical (unpaired) electrons. The van der Waals surface area contributed by atoms with Crippen LogP contribution in [-0.2, 0) is 0 Å². The van der Waals surface area contributed by atoms with Crippen molar-refractivity contribution in [2.45, 2.75) is 25.5 Å². The normalized spacial score (nSPS) is 26.4. The van der Waals surface area contributed by atoms with Crippen molar-refractivity contribution in [3.8, 4) is 5.75 Å². The van der Waals surface area contributed by atoms with Gasteiger partial charge in [0.05, 0.1) is 6.10 Å². The number of ether oxygens (including phenoxy) is 1. The summed E-state index contributed by atoms with van der Waals surface area (Å²) >= 11 is 3.41. The number of halogens is 1. The highest BCUT2D eigenvalue weighted by atomic mass is 79.9. The van der Waals surface area contributed by atoms with Crippen LogP contribution in [-0.4, -0.2) is 6.10 Å². The highest BCUT2D eigenvalue weighted by molar-refractivity contribution is 9.10. The summed E-state index contributed by atoms with van der Waals surface area (Å²) in [5.74, 6) is 0.917. The predicted octanol–water partition coefficient (Wildman–Crippen LogP) is 2.62. The summed E-state index contributed by atoms with van der Waals surface area (Å²) in [6.07, 6.45) is 1.12. The second-order valence-electron chi connectivity index (χ2n) is 3.45. The van der Waals surface area contributed by atoms with Crippen LogP contribution in [0.1, 0.15) is 24.9 Å². The summed E-state index contributed by atoms with van der Waals surface area (Å²) in [6, 6.07) is 6.12. The number of hydrogen-bond acceptors (Lipinski definition) is 2. The van der Waals surface area contributed by atoms with Crippen molar-refractivity contribution < 1.29 is 4.74 Å². The van der Waals surface area contributed by atoms with Crippen LogP contribution in [0, 0.1) is 0 Å². The molecule has 2 unspecified atom stereocenters. The topological polar surface area (TPSA) is 35.2 Å². The van der Waals surface area contributed by atoms with Crippen molar-refractivity contribution in [3.63, 3.8) is 0 Å². The van der Waals surface area contributed by atoms with Gasteiger partial charge in [-0.2, -0.15) is 0 Å². The van der Waals surface area contributed by atoms with Gasteiger partial charge in [-0.25, -0.2) is 0 Å². The standard InChI is InChI=1S/C10H12BrNO/c1-6-4-9(12)8-3-2-7(11)5-10(8)13-6/h2-3,5-6,9H,4,12H2,1H3. The van der Waals surface area contributed by atoms with E-state index < -0.39 is 0 Å². The van der Waals surface area contributed by atoms with Crippen LogP contribution in [0.3, 0.4) is 0 Å². The number of nitrogens with two attached hydrogens (primary N) is 1. The third kappa shape index (κ3) is 1.71. The Kier molecular flexibility index (Phi) is 2.30. The maximum absolute atomic E-state index is 5.99. The first-order valence-electron chi connectivity index (χ1n) is 4.38. The van der Waals surface area contributed by atoms with Crippen LogP contribution in [0.15, 0.2) is 22.7 Å². The third-order valence-electron chi connectivity index (χ3n) is 2.29. The molecule has 0 bridgehead atoms. The molecule has 1 aliphatic rings. The van der Waals surface area contributed by atoms with Gasteiger partial charge in [-0.15, -0.1) is 0 Å². The lowest BCUT2D eigenvalue weighted by Crippen LogP contribution is -2.27. The molecule has 0 fully saturated rings. The van der Waals surface area contributed by atoms with Crippen molar-refractivity contribution in [1.29, 1.82) is 0 Å². The third-order valence-corrected chi connectivity index (χ3v) is 2.78. The van der Waals surface area contributed by atoms with E-state index in [0.29, 0.717) is 0 Å². The second-order valence-corrected chi connectivity index (χ2v) is 4.37. The average Bonchev–Trinajstić information content (AvgIpc) is 2.02. The molecule has 1 aromatic carbocycles. The molecule has 1 aromatic rings. The molecule has 0 amide bonds. The van der Waals surface area contributed by atoms with Gasteiger partial charge in [-0.05, 0) is 19.1 Å². The zero-order valence-corrected chi connectivity index (χ0v) is 9.04. The van der Waals surface area contributed by atoms with E-state index in [9.17, 15) is 0 Å². The molecular formula is C10H12BrNO. The lowest BCUT2D eigenvalue weighted by atomic mass is 9.98. The van der Waals surface area contributed by atoms with Gasteiger partial charge in [0.1, 0.15) is 5.75 Å². The van der Waals surface area contributed by atoms with E-state index >= 15 is 0 Å². The van der Waals surface area contributed by atoms with Crippen molar-refractivity contribution in [3.05, 3.63) is 28.2 Å². The number of benzene rings is 1. The highest BCUT2D eigenvalue weighted by Gasteiger charge is 2.22. The Morgan fingerprint density at radius 1 is 1.54 bits per heavy atom. The minimum absolute atomic E-state index is 0.117. The van der Waals surface area contributed by atoms with Crippen LogP contribution >= 0.6 is 15.9 Å². The van der Waals surface area contributed by atoms with Gasteiger partial charge in [0.15, 0.2) is 0 Å². The van der Waals surface area contributed by atoms with E-state index in [1.165, 1.54) is 0 Å². The fourth-order valence-corrected chi connectivity index (χ4v) is 2.01. The van der Waals surface area contributed by atoms with Crippen LogP contribution < -0.4 is 10.5 Å². The zero-order valence-electron chi connectivity index (χ0n) is 7.46. The van der Waals surface area contributed by atoms with Crippen molar-refractivity contribution >= 4 is 15.9 Å². The molecule has 3 heteroatoms. The van der Waals surface area contributed by atoms with E-state index in [-0.39, 0.29) is 12.1 Å². The van der Waals surface area contributed by atoms with Gasteiger partial charge in [0.25, 0.3) is 0 Å². The van der Waals surface area contributed by atoms with Crippen LogP contribution in [0.25, 0.3) is 0 Å². The van der Waals surface area contributed by atoms with E-state index in [2.05, 4.69) is 15.9 Å².